The van der Waals surface area contributed by atoms with Crippen LogP contribution in [0, 0.1) is 0 Å². The number of alkyl halides is 3. The van der Waals surface area contributed by atoms with E-state index in [0.29, 0.717) is 43.0 Å². The Bertz CT molecular complexity index is 684. The number of rotatable bonds is 7. The maximum atomic E-state index is 12.6. The van der Waals surface area contributed by atoms with Crippen molar-refractivity contribution in [3.05, 3.63) is 23.8 Å². The molecule has 1 heterocycles. The number of carbonyl (C=O) groups is 1. The summed E-state index contributed by atoms with van der Waals surface area (Å²) in [5, 5.41) is 2.95. The topological polar surface area (TPSA) is 50.8 Å². The van der Waals surface area contributed by atoms with E-state index in [-0.39, 0.29) is 18.1 Å². The van der Waals surface area contributed by atoms with Crippen LogP contribution in [-0.2, 0) is 0 Å². The molecular formula is C20H27F3N2O3. The molecule has 28 heavy (non-hydrogen) atoms. The van der Waals surface area contributed by atoms with Crippen LogP contribution in [0.3, 0.4) is 0 Å². The first-order chi connectivity index (χ1) is 13.2. The quantitative estimate of drug-likeness (QED) is 0.757. The van der Waals surface area contributed by atoms with E-state index in [0.717, 1.165) is 12.8 Å². The van der Waals surface area contributed by atoms with Gasteiger partial charge in [-0.25, -0.2) is 0 Å². The number of ether oxygens (including phenoxy) is 2. The van der Waals surface area contributed by atoms with Gasteiger partial charge in [0, 0.05) is 31.2 Å². The lowest BCUT2D eigenvalue weighted by atomic mass is 10.0. The maximum Gasteiger partial charge on any atom is 0.390 e. The van der Waals surface area contributed by atoms with Crippen LogP contribution in [-0.4, -0.2) is 55.4 Å². The molecular weight excluding hydrogens is 373 g/mol. The van der Waals surface area contributed by atoms with Crippen LogP contribution in [0.25, 0.3) is 0 Å². The Morgan fingerprint density at radius 1 is 1.25 bits per heavy atom. The highest BCUT2D eigenvalue weighted by atomic mass is 19.4. The monoisotopic (exact) mass is 400 g/mol. The third-order valence-corrected chi connectivity index (χ3v) is 5.27. The minimum atomic E-state index is -4.16. The van der Waals surface area contributed by atoms with Crippen LogP contribution in [0.5, 0.6) is 11.5 Å². The number of likely N-dealkylation sites (tertiary alicyclic amines) is 1. The van der Waals surface area contributed by atoms with E-state index in [1.807, 2.05) is 4.90 Å². The van der Waals surface area contributed by atoms with Crippen molar-refractivity contribution in [2.45, 2.75) is 63.4 Å². The molecule has 0 spiro atoms. The van der Waals surface area contributed by atoms with E-state index in [9.17, 15) is 18.0 Å². The zero-order valence-electron chi connectivity index (χ0n) is 16.2. The average molecular weight is 400 g/mol. The Morgan fingerprint density at radius 3 is 2.50 bits per heavy atom. The SMILES string of the molecule is COc1ccc(C(=O)NC2CC2)c(OC2CCN([C@@H](C)CC(F)(F)F)CC2)c1. The molecule has 8 heteroatoms. The molecule has 1 aromatic carbocycles. The Labute approximate surface area is 163 Å². The number of benzene rings is 1. The molecule has 156 valence electrons. The maximum absolute atomic E-state index is 12.6. The zero-order chi connectivity index (χ0) is 20.3. The van der Waals surface area contributed by atoms with E-state index in [4.69, 9.17) is 9.47 Å². The van der Waals surface area contributed by atoms with Gasteiger partial charge in [-0.3, -0.25) is 4.79 Å². The van der Waals surface area contributed by atoms with Crippen molar-refractivity contribution < 1.29 is 27.4 Å². The highest BCUT2D eigenvalue weighted by Crippen LogP contribution is 2.30. The molecule has 0 bridgehead atoms. The van der Waals surface area contributed by atoms with Crippen LogP contribution >= 0.6 is 0 Å². The van der Waals surface area contributed by atoms with Gasteiger partial charge < -0.3 is 19.7 Å². The number of carbonyl (C=O) groups excluding carboxylic acids is 1. The smallest absolute Gasteiger partial charge is 0.390 e. The van der Waals surface area contributed by atoms with Gasteiger partial charge >= 0.3 is 6.18 Å². The van der Waals surface area contributed by atoms with E-state index in [2.05, 4.69) is 5.32 Å². The lowest BCUT2D eigenvalue weighted by Crippen LogP contribution is -2.44. The molecule has 3 rings (SSSR count). The number of methoxy groups -OCH3 is 1. The summed E-state index contributed by atoms with van der Waals surface area (Å²) in [6.45, 7) is 2.68. The first kappa shape index (κ1) is 20.8. The Hall–Kier alpha value is -1.96. The molecule has 1 amide bonds. The summed E-state index contributed by atoms with van der Waals surface area (Å²) in [6.07, 6.45) is -1.89. The van der Waals surface area contributed by atoms with Crippen LogP contribution in [0.4, 0.5) is 13.2 Å². The third-order valence-electron chi connectivity index (χ3n) is 5.27. The molecule has 1 N–H and O–H groups in total. The largest absolute Gasteiger partial charge is 0.497 e. The van der Waals surface area contributed by atoms with Gasteiger partial charge in [-0.2, -0.15) is 13.2 Å². The molecule has 0 aromatic heterocycles. The summed E-state index contributed by atoms with van der Waals surface area (Å²) in [7, 11) is 1.55. The summed E-state index contributed by atoms with van der Waals surface area (Å²) in [6, 6.07) is 4.79. The lowest BCUT2D eigenvalue weighted by molar-refractivity contribution is -0.147. The van der Waals surface area contributed by atoms with Gasteiger partial charge in [-0.1, -0.05) is 0 Å². The van der Waals surface area contributed by atoms with Crippen molar-refractivity contribution in [1.29, 1.82) is 0 Å². The Morgan fingerprint density at radius 2 is 1.93 bits per heavy atom. The Balaban J connectivity index is 1.61. The van der Waals surface area contributed by atoms with Gasteiger partial charge in [-0.15, -0.1) is 0 Å². The fourth-order valence-electron chi connectivity index (χ4n) is 3.48. The van der Waals surface area contributed by atoms with Crippen molar-refractivity contribution in [3.8, 4) is 11.5 Å². The van der Waals surface area contributed by atoms with Crippen molar-refractivity contribution >= 4 is 5.91 Å². The fourth-order valence-corrected chi connectivity index (χ4v) is 3.48. The highest BCUT2D eigenvalue weighted by molar-refractivity contribution is 5.97. The fraction of sp³-hybridized carbons (Fsp3) is 0.650. The molecule has 1 aliphatic carbocycles. The summed E-state index contributed by atoms with van der Waals surface area (Å²) < 4.78 is 49.2. The van der Waals surface area contributed by atoms with Crippen molar-refractivity contribution in [2.24, 2.45) is 0 Å². The zero-order valence-corrected chi connectivity index (χ0v) is 16.2. The molecule has 1 saturated heterocycles. The van der Waals surface area contributed by atoms with Gasteiger partial charge in [0.1, 0.15) is 17.6 Å². The molecule has 1 atom stereocenters. The van der Waals surface area contributed by atoms with E-state index in [1.54, 1.807) is 32.2 Å². The summed E-state index contributed by atoms with van der Waals surface area (Å²) >= 11 is 0. The van der Waals surface area contributed by atoms with Crippen molar-refractivity contribution in [2.75, 3.05) is 20.2 Å². The normalized spacial score (nSPS) is 19.9. The number of nitrogens with one attached hydrogen (secondary N) is 1. The number of amides is 1. The third kappa shape index (κ3) is 5.77. The second kappa shape index (κ2) is 8.59. The van der Waals surface area contributed by atoms with Gasteiger partial charge in [0.05, 0.1) is 19.1 Å². The highest BCUT2D eigenvalue weighted by Gasteiger charge is 2.34. The second-order valence-electron chi connectivity index (χ2n) is 7.63. The number of hydrogen-bond donors (Lipinski definition) is 1. The van der Waals surface area contributed by atoms with Gasteiger partial charge in [-0.05, 0) is 44.7 Å². The standard InChI is InChI=1S/C20H27F3N2O3/c1-13(12-20(21,22)23)25-9-7-15(8-10-25)28-18-11-16(27-2)5-6-17(18)19(26)24-14-3-4-14/h5-6,11,13-15H,3-4,7-10,12H2,1-2H3,(H,24,26)/t13-/m0/s1. The van der Waals surface area contributed by atoms with Crippen molar-refractivity contribution in [3.63, 3.8) is 0 Å². The average Bonchev–Trinajstić information content (AvgIpc) is 3.44. The molecule has 1 aliphatic heterocycles. The first-order valence-electron chi connectivity index (χ1n) is 9.71. The van der Waals surface area contributed by atoms with Gasteiger partial charge in [0.25, 0.3) is 5.91 Å². The minimum Gasteiger partial charge on any atom is -0.497 e. The summed E-state index contributed by atoms with van der Waals surface area (Å²) in [4.78, 5) is 14.3. The van der Waals surface area contributed by atoms with Crippen molar-refractivity contribution in [1.82, 2.24) is 10.2 Å². The first-order valence-corrected chi connectivity index (χ1v) is 9.71. The lowest BCUT2D eigenvalue weighted by Gasteiger charge is -2.36. The molecule has 2 fully saturated rings. The number of piperidine rings is 1. The van der Waals surface area contributed by atoms with Crippen LogP contribution in [0.1, 0.15) is 49.4 Å². The predicted molar refractivity (Wildman–Crippen MR) is 98.8 cm³/mol. The molecule has 2 aliphatic rings. The molecule has 0 unspecified atom stereocenters. The Kier molecular flexibility index (Phi) is 6.37. The molecule has 1 aromatic rings. The van der Waals surface area contributed by atoms with Gasteiger partial charge in [0.2, 0.25) is 0 Å². The van der Waals surface area contributed by atoms with Gasteiger partial charge in [0.15, 0.2) is 0 Å². The van der Waals surface area contributed by atoms with E-state index in [1.165, 1.54) is 0 Å². The molecule has 1 saturated carbocycles. The van der Waals surface area contributed by atoms with Crippen LogP contribution < -0.4 is 14.8 Å². The summed E-state index contributed by atoms with van der Waals surface area (Å²) in [5.74, 6) is 0.880. The summed E-state index contributed by atoms with van der Waals surface area (Å²) in [5.41, 5.74) is 0.459. The number of hydrogen-bond acceptors (Lipinski definition) is 4. The second-order valence-corrected chi connectivity index (χ2v) is 7.63. The predicted octanol–water partition coefficient (Wildman–Crippen LogP) is 3.77. The van der Waals surface area contributed by atoms with E-state index >= 15 is 0 Å². The number of nitrogens with zero attached hydrogens (tertiary/aromatic N) is 1. The molecule has 0 radical (unpaired) electrons. The van der Waals surface area contributed by atoms with Crippen LogP contribution in [0.2, 0.25) is 0 Å². The molecule has 5 nitrogen and oxygen atoms in total. The van der Waals surface area contributed by atoms with E-state index < -0.39 is 18.6 Å². The van der Waals surface area contributed by atoms with Crippen LogP contribution in [0.15, 0.2) is 18.2 Å². The minimum absolute atomic E-state index is 0.145. The number of halogens is 3.